The molecule has 0 unspecified atom stereocenters. The van der Waals surface area contributed by atoms with E-state index in [2.05, 4.69) is 0 Å². The highest BCUT2D eigenvalue weighted by molar-refractivity contribution is 5.99. The maximum atomic E-state index is 12.5. The monoisotopic (exact) mass is 393 g/mol. The second kappa shape index (κ2) is 8.60. The minimum Gasteiger partial charge on any atom is -0.457 e. The number of esters is 1. The number of carbonyl (C=O) groups is 3. The average Bonchev–Trinajstić information content (AvgIpc) is 3.10. The Labute approximate surface area is 171 Å². The van der Waals surface area contributed by atoms with Crippen LogP contribution in [0, 0.1) is 26.7 Å². The zero-order chi connectivity index (χ0) is 21.1. The van der Waals surface area contributed by atoms with Crippen LogP contribution in [-0.2, 0) is 14.3 Å². The van der Waals surface area contributed by atoms with Crippen LogP contribution >= 0.6 is 0 Å². The summed E-state index contributed by atoms with van der Waals surface area (Å²) in [6, 6.07) is 13.4. The SMILES string of the molecule is Cc1cc(C)c(C(=O)COC(=O)[C@@H]2CC(=O)N([C@H](C)c3ccccc3)C2)cc1C. The van der Waals surface area contributed by atoms with E-state index in [4.69, 9.17) is 4.74 Å². The van der Waals surface area contributed by atoms with Crippen LogP contribution in [0.4, 0.5) is 0 Å². The van der Waals surface area contributed by atoms with Gasteiger partial charge in [-0.3, -0.25) is 14.4 Å². The van der Waals surface area contributed by atoms with Gasteiger partial charge in [0.2, 0.25) is 11.7 Å². The lowest BCUT2D eigenvalue weighted by atomic mass is 9.98. The zero-order valence-corrected chi connectivity index (χ0v) is 17.4. The van der Waals surface area contributed by atoms with Gasteiger partial charge in [-0.25, -0.2) is 0 Å². The molecule has 2 atom stereocenters. The molecule has 152 valence electrons. The van der Waals surface area contributed by atoms with Gasteiger partial charge in [-0.15, -0.1) is 0 Å². The molecule has 1 aliphatic rings. The van der Waals surface area contributed by atoms with Gasteiger partial charge in [0.25, 0.3) is 0 Å². The van der Waals surface area contributed by atoms with Gasteiger partial charge in [0.15, 0.2) is 6.61 Å². The second-order valence-electron chi connectivity index (χ2n) is 7.82. The van der Waals surface area contributed by atoms with Gasteiger partial charge in [-0.05, 0) is 56.0 Å². The minimum absolute atomic E-state index is 0.0698. The Morgan fingerprint density at radius 3 is 2.41 bits per heavy atom. The molecule has 5 nitrogen and oxygen atoms in total. The second-order valence-corrected chi connectivity index (χ2v) is 7.82. The van der Waals surface area contributed by atoms with Gasteiger partial charge in [-0.2, -0.15) is 0 Å². The predicted molar refractivity (Wildman–Crippen MR) is 111 cm³/mol. The van der Waals surface area contributed by atoms with Crippen molar-refractivity contribution < 1.29 is 19.1 Å². The Kier molecular flexibility index (Phi) is 6.16. The highest BCUT2D eigenvalue weighted by atomic mass is 16.5. The van der Waals surface area contributed by atoms with Crippen molar-refractivity contribution in [2.45, 2.75) is 40.2 Å². The van der Waals surface area contributed by atoms with Crippen LogP contribution in [0.5, 0.6) is 0 Å². The molecule has 1 saturated heterocycles. The summed E-state index contributed by atoms with van der Waals surface area (Å²) in [6.45, 7) is 7.78. The first-order valence-electron chi connectivity index (χ1n) is 9.90. The summed E-state index contributed by atoms with van der Waals surface area (Å²) in [4.78, 5) is 39.1. The van der Waals surface area contributed by atoms with Crippen LogP contribution in [0.3, 0.4) is 0 Å². The van der Waals surface area contributed by atoms with E-state index in [1.165, 1.54) is 0 Å². The Morgan fingerprint density at radius 2 is 1.72 bits per heavy atom. The summed E-state index contributed by atoms with van der Waals surface area (Å²) >= 11 is 0. The van der Waals surface area contributed by atoms with E-state index in [1.54, 1.807) is 4.90 Å². The van der Waals surface area contributed by atoms with E-state index in [1.807, 2.05) is 70.2 Å². The van der Waals surface area contributed by atoms with Gasteiger partial charge in [0, 0.05) is 18.5 Å². The van der Waals surface area contributed by atoms with Gasteiger partial charge < -0.3 is 9.64 Å². The highest BCUT2D eigenvalue weighted by Crippen LogP contribution is 2.29. The molecule has 0 radical (unpaired) electrons. The minimum atomic E-state index is -0.540. The number of ether oxygens (including phenoxy) is 1. The molecular formula is C24H27NO4. The van der Waals surface area contributed by atoms with Crippen molar-refractivity contribution in [1.29, 1.82) is 0 Å². The number of aryl methyl sites for hydroxylation is 3. The number of hydrogen-bond acceptors (Lipinski definition) is 4. The van der Waals surface area contributed by atoms with Crippen molar-refractivity contribution in [3.8, 4) is 0 Å². The van der Waals surface area contributed by atoms with Crippen LogP contribution in [0.15, 0.2) is 42.5 Å². The number of rotatable bonds is 6. The largest absolute Gasteiger partial charge is 0.457 e. The number of nitrogens with zero attached hydrogens (tertiary/aromatic N) is 1. The maximum absolute atomic E-state index is 12.5. The molecule has 0 spiro atoms. The predicted octanol–water partition coefficient (Wildman–Crippen LogP) is 3.95. The van der Waals surface area contributed by atoms with Gasteiger partial charge >= 0.3 is 5.97 Å². The molecule has 1 aliphatic heterocycles. The Morgan fingerprint density at radius 1 is 1.07 bits per heavy atom. The Hall–Kier alpha value is -2.95. The number of likely N-dealkylation sites (tertiary alicyclic amines) is 1. The standard InChI is InChI=1S/C24H27NO4/c1-15-10-17(3)21(11-16(15)2)22(26)14-29-24(28)20-12-23(27)25(13-20)18(4)19-8-6-5-7-9-19/h5-11,18,20H,12-14H2,1-4H3/t18-,20-/m1/s1. The molecule has 2 aromatic carbocycles. The third kappa shape index (κ3) is 4.56. The van der Waals surface area contributed by atoms with Crippen molar-refractivity contribution in [2.24, 2.45) is 5.92 Å². The van der Waals surface area contributed by atoms with E-state index < -0.39 is 11.9 Å². The number of ketones is 1. The van der Waals surface area contributed by atoms with E-state index >= 15 is 0 Å². The average molecular weight is 393 g/mol. The topological polar surface area (TPSA) is 63.7 Å². The fourth-order valence-corrected chi connectivity index (χ4v) is 3.77. The highest BCUT2D eigenvalue weighted by Gasteiger charge is 2.38. The molecule has 0 bridgehead atoms. The molecule has 0 N–H and O–H groups in total. The molecule has 0 aliphatic carbocycles. The molecule has 1 amide bonds. The first-order chi connectivity index (χ1) is 13.8. The first-order valence-corrected chi connectivity index (χ1v) is 9.90. The van der Waals surface area contributed by atoms with E-state index in [-0.39, 0.29) is 30.8 Å². The third-order valence-corrected chi connectivity index (χ3v) is 5.73. The number of Topliss-reactive ketones (excluding diaryl/α,β-unsaturated/α-hetero) is 1. The summed E-state index contributed by atoms with van der Waals surface area (Å²) in [7, 11) is 0. The lowest BCUT2D eigenvalue weighted by Gasteiger charge is -2.25. The quantitative estimate of drug-likeness (QED) is 0.551. The first kappa shape index (κ1) is 20.8. The molecule has 1 fully saturated rings. The van der Waals surface area contributed by atoms with Gasteiger partial charge in [0.1, 0.15) is 0 Å². The van der Waals surface area contributed by atoms with Crippen molar-refractivity contribution in [3.63, 3.8) is 0 Å². The van der Waals surface area contributed by atoms with Crippen LogP contribution in [0.2, 0.25) is 0 Å². The van der Waals surface area contributed by atoms with Crippen molar-refractivity contribution in [3.05, 3.63) is 70.3 Å². The van der Waals surface area contributed by atoms with Gasteiger partial charge in [0.05, 0.1) is 12.0 Å². The Bertz CT molecular complexity index is 935. The Balaban J connectivity index is 1.60. The van der Waals surface area contributed by atoms with Crippen LogP contribution in [0.25, 0.3) is 0 Å². The number of amides is 1. The molecule has 5 heteroatoms. The number of carbonyl (C=O) groups excluding carboxylic acids is 3. The normalized spacial score (nSPS) is 17.3. The summed E-state index contributed by atoms with van der Waals surface area (Å²) in [5.41, 5.74) is 4.61. The molecule has 2 aromatic rings. The molecular weight excluding hydrogens is 366 g/mol. The lowest BCUT2D eigenvalue weighted by Crippen LogP contribution is -2.30. The molecule has 29 heavy (non-hydrogen) atoms. The van der Waals surface area contributed by atoms with E-state index in [0.29, 0.717) is 12.1 Å². The summed E-state index contributed by atoms with van der Waals surface area (Å²) < 4.78 is 5.28. The lowest BCUT2D eigenvalue weighted by molar-refractivity contribution is -0.147. The maximum Gasteiger partial charge on any atom is 0.311 e. The van der Waals surface area contributed by atoms with Gasteiger partial charge in [-0.1, -0.05) is 36.4 Å². The summed E-state index contributed by atoms with van der Waals surface area (Å²) in [5, 5.41) is 0. The fourth-order valence-electron chi connectivity index (χ4n) is 3.77. The fraction of sp³-hybridized carbons (Fsp3) is 0.375. The van der Waals surface area contributed by atoms with Crippen molar-refractivity contribution >= 4 is 17.7 Å². The van der Waals surface area contributed by atoms with Crippen LogP contribution in [0.1, 0.15) is 52.0 Å². The van der Waals surface area contributed by atoms with Crippen LogP contribution in [-0.4, -0.2) is 35.7 Å². The van der Waals surface area contributed by atoms with E-state index in [9.17, 15) is 14.4 Å². The number of hydrogen-bond donors (Lipinski definition) is 0. The third-order valence-electron chi connectivity index (χ3n) is 5.73. The number of benzene rings is 2. The summed E-state index contributed by atoms with van der Waals surface area (Å²) in [6.07, 6.45) is 0.118. The molecule has 0 saturated carbocycles. The summed E-state index contributed by atoms with van der Waals surface area (Å²) in [5.74, 6) is -1.32. The van der Waals surface area contributed by atoms with E-state index in [0.717, 1.165) is 22.3 Å². The molecule has 0 aromatic heterocycles. The van der Waals surface area contributed by atoms with Crippen molar-refractivity contribution in [1.82, 2.24) is 4.90 Å². The van der Waals surface area contributed by atoms with Crippen molar-refractivity contribution in [2.75, 3.05) is 13.2 Å². The zero-order valence-electron chi connectivity index (χ0n) is 17.4. The van der Waals surface area contributed by atoms with Crippen LogP contribution < -0.4 is 0 Å². The molecule has 3 rings (SSSR count). The smallest absolute Gasteiger partial charge is 0.311 e. The molecule has 1 heterocycles.